The Bertz CT molecular complexity index is 379. The van der Waals surface area contributed by atoms with Crippen LogP contribution < -0.4 is 4.74 Å². The number of carbonyl (C=O) groups is 1. The Hall–Kier alpha value is -1.81. The average molecular weight is 222 g/mol. The third-order valence-electron chi connectivity index (χ3n) is 1.99. The maximum Gasteiger partial charge on any atom is 0.328 e. The molecule has 0 bridgehead atoms. The molecule has 1 rings (SSSR count). The fourth-order valence-electron chi connectivity index (χ4n) is 1.21. The van der Waals surface area contributed by atoms with Gasteiger partial charge in [0.2, 0.25) is 0 Å². The Balaban J connectivity index is 2.74. The summed E-state index contributed by atoms with van der Waals surface area (Å²) in [5, 5.41) is 8.60. The third kappa shape index (κ3) is 3.74. The van der Waals surface area contributed by atoms with E-state index in [2.05, 4.69) is 0 Å². The molecule has 0 unspecified atom stereocenters. The van der Waals surface area contributed by atoms with Crippen LogP contribution in [0.5, 0.6) is 5.75 Å². The van der Waals surface area contributed by atoms with Crippen molar-refractivity contribution in [2.75, 3.05) is 13.9 Å². The van der Waals surface area contributed by atoms with Crippen LogP contribution in [0.15, 0.2) is 30.3 Å². The SMILES string of the molecule is COCOc1ccc(/C(C)=C/C(=O)O)cc1. The van der Waals surface area contributed by atoms with Crippen molar-refractivity contribution in [1.29, 1.82) is 0 Å². The topological polar surface area (TPSA) is 55.8 Å². The Labute approximate surface area is 94.1 Å². The van der Waals surface area contributed by atoms with Crippen LogP contribution in [-0.4, -0.2) is 25.0 Å². The van der Waals surface area contributed by atoms with Gasteiger partial charge in [0, 0.05) is 13.2 Å². The van der Waals surface area contributed by atoms with Crippen molar-refractivity contribution in [2.45, 2.75) is 6.92 Å². The van der Waals surface area contributed by atoms with Crippen molar-refractivity contribution in [3.05, 3.63) is 35.9 Å². The average Bonchev–Trinajstić information content (AvgIpc) is 2.26. The maximum absolute atomic E-state index is 10.5. The number of carboxylic acid groups (broad SMARTS) is 1. The molecule has 1 aromatic carbocycles. The highest BCUT2D eigenvalue weighted by Gasteiger charge is 1.99. The van der Waals surface area contributed by atoms with Crippen LogP contribution in [-0.2, 0) is 9.53 Å². The van der Waals surface area contributed by atoms with Crippen LogP contribution in [0.3, 0.4) is 0 Å². The number of hydrogen-bond donors (Lipinski definition) is 1. The van der Waals surface area contributed by atoms with Gasteiger partial charge < -0.3 is 14.6 Å². The number of carboxylic acids is 1. The molecule has 0 aromatic heterocycles. The Kier molecular flexibility index (Phi) is 4.54. The van der Waals surface area contributed by atoms with Gasteiger partial charge in [-0.1, -0.05) is 12.1 Å². The van der Waals surface area contributed by atoms with Crippen LogP contribution in [0.4, 0.5) is 0 Å². The Morgan fingerprint density at radius 3 is 2.50 bits per heavy atom. The van der Waals surface area contributed by atoms with E-state index >= 15 is 0 Å². The molecule has 0 heterocycles. The van der Waals surface area contributed by atoms with Crippen molar-refractivity contribution in [1.82, 2.24) is 0 Å². The number of rotatable bonds is 5. The fourth-order valence-corrected chi connectivity index (χ4v) is 1.21. The van der Waals surface area contributed by atoms with Gasteiger partial charge in [-0.15, -0.1) is 0 Å². The van der Waals surface area contributed by atoms with Crippen molar-refractivity contribution in [3.8, 4) is 5.75 Å². The van der Waals surface area contributed by atoms with Crippen molar-refractivity contribution >= 4 is 11.5 Å². The summed E-state index contributed by atoms with van der Waals surface area (Å²) in [7, 11) is 1.55. The van der Waals surface area contributed by atoms with Gasteiger partial charge in [-0.2, -0.15) is 0 Å². The van der Waals surface area contributed by atoms with Crippen molar-refractivity contribution < 1.29 is 19.4 Å². The summed E-state index contributed by atoms with van der Waals surface area (Å²) in [6.07, 6.45) is 1.17. The van der Waals surface area contributed by atoms with Gasteiger partial charge in [0.25, 0.3) is 0 Å². The van der Waals surface area contributed by atoms with E-state index in [0.29, 0.717) is 11.3 Å². The molecule has 16 heavy (non-hydrogen) atoms. The molecule has 0 amide bonds. The van der Waals surface area contributed by atoms with Crippen LogP contribution in [0.25, 0.3) is 5.57 Å². The summed E-state index contributed by atoms with van der Waals surface area (Å²) < 4.78 is 9.98. The van der Waals surface area contributed by atoms with Crippen LogP contribution >= 0.6 is 0 Å². The number of methoxy groups -OCH3 is 1. The molecule has 0 spiro atoms. The molecule has 0 aliphatic rings. The lowest BCUT2D eigenvalue weighted by atomic mass is 10.1. The first kappa shape index (κ1) is 12.3. The Morgan fingerprint density at radius 1 is 1.38 bits per heavy atom. The lowest BCUT2D eigenvalue weighted by Crippen LogP contribution is -1.98. The smallest absolute Gasteiger partial charge is 0.328 e. The Morgan fingerprint density at radius 2 is 2.00 bits per heavy atom. The van der Waals surface area contributed by atoms with Gasteiger partial charge in [0.1, 0.15) is 5.75 Å². The van der Waals surface area contributed by atoms with Crippen LogP contribution in [0.1, 0.15) is 12.5 Å². The van der Waals surface area contributed by atoms with Gasteiger partial charge in [-0.05, 0) is 30.2 Å². The van der Waals surface area contributed by atoms with Crippen LogP contribution in [0.2, 0.25) is 0 Å². The molecule has 0 atom stereocenters. The first-order valence-corrected chi connectivity index (χ1v) is 4.77. The van der Waals surface area contributed by atoms with E-state index < -0.39 is 5.97 Å². The summed E-state index contributed by atoms with van der Waals surface area (Å²) in [5.41, 5.74) is 1.55. The molecule has 0 aliphatic carbocycles. The van der Waals surface area contributed by atoms with Gasteiger partial charge in [-0.3, -0.25) is 0 Å². The highest BCUT2D eigenvalue weighted by Crippen LogP contribution is 2.18. The van der Waals surface area contributed by atoms with Crippen molar-refractivity contribution in [2.24, 2.45) is 0 Å². The third-order valence-corrected chi connectivity index (χ3v) is 1.99. The maximum atomic E-state index is 10.5. The summed E-state index contributed by atoms with van der Waals surface area (Å²) in [6.45, 7) is 1.95. The van der Waals surface area contributed by atoms with E-state index in [1.807, 2.05) is 0 Å². The number of hydrogen-bond acceptors (Lipinski definition) is 3. The fraction of sp³-hybridized carbons (Fsp3) is 0.250. The lowest BCUT2D eigenvalue weighted by molar-refractivity contribution is -0.131. The molecular formula is C12H14O4. The molecule has 0 radical (unpaired) electrons. The molecule has 1 aromatic rings. The summed E-state index contributed by atoms with van der Waals surface area (Å²) in [5.74, 6) is -0.258. The molecule has 0 aliphatic heterocycles. The minimum atomic E-state index is -0.947. The van der Waals surface area contributed by atoms with Gasteiger partial charge in [0.05, 0.1) is 0 Å². The molecule has 0 saturated heterocycles. The molecule has 1 N–H and O–H groups in total. The number of aliphatic carboxylic acids is 1. The number of benzene rings is 1. The molecule has 86 valence electrons. The lowest BCUT2D eigenvalue weighted by Gasteiger charge is -2.05. The predicted molar refractivity (Wildman–Crippen MR) is 60.2 cm³/mol. The molecule has 0 saturated carbocycles. The first-order chi connectivity index (χ1) is 7.63. The minimum Gasteiger partial charge on any atom is -0.478 e. The molecule has 4 heteroatoms. The molecule has 4 nitrogen and oxygen atoms in total. The quantitative estimate of drug-likeness (QED) is 0.612. The van der Waals surface area contributed by atoms with E-state index in [0.717, 1.165) is 5.56 Å². The largest absolute Gasteiger partial charge is 0.478 e. The van der Waals surface area contributed by atoms with E-state index in [9.17, 15) is 4.79 Å². The van der Waals surface area contributed by atoms with E-state index in [1.54, 1.807) is 38.3 Å². The molecule has 0 fully saturated rings. The predicted octanol–water partition coefficient (Wildman–Crippen LogP) is 2.16. The molecular weight excluding hydrogens is 208 g/mol. The van der Waals surface area contributed by atoms with Crippen LogP contribution in [0, 0.1) is 0 Å². The van der Waals surface area contributed by atoms with Gasteiger partial charge in [0.15, 0.2) is 6.79 Å². The van der Waals surface area contributed by atoms with Gasteiger partial charge >= 0.3 is 5.97 Å². The second-order valence-electron chi connectivity index (χ2n) is 3.24. The summed E-state index contributed by atoms with van der Waals surface area (Å²) >= 11 is 0. The normalized spacial score (nSPS) is 11.2. The summed E-state index contributed by atoms with van der Waals surface area (Å²) in [4.78, 5) is 10.5. The standard InChI is InChI=1S/C12H14O4/c1-9(7-12(13)14)10-3-5-11(6-4-10)16-8-15-2/h3-7H,8H2,1-2H3,(H,13,14)/b9-7+. The number of allylic oxidation sites excluding steroid dienone is 1. The first-order valence-electron chi connectivity index (χ1n) is 4.77. The van der Waals surface area contributed by atoms with E-state index in [4.69, 9.17) is 14.6 Å². The number of ether oxygens (including phenoxy) is 2. The summed E-state index contributed by atoms with van der Waals surface area (Å²) in [6, 6.07) is 7.15. The minimum absolute atomic E-state index is 0.198. The highest BCUT2D eigenvalue weighted by atomic mass is 16.7. The van der Waals surface area contributed by atoms with E-state index in [1.165, 1.54) is 6.08 Å². The van der Waals surface area contributed by atoms with Gasteiger partial charge in [-0.25, -0.2) is 4.79 Å². The highest BCUT2D eigenvalue weighted by molar-refractivity contribution is 5.89. The zero-order valence-corrected chi connectivity index (χ0v) is 9.27. The van der Waals surface area contributed by atoms with E-state index in [-0.39, 0.29) is 6.79 Å². The second kappa shape index (κ2) is 5.92. The monoisotopic (exact) mass is 222 g/mol. The zero-order valence-electron chi connectivity index (χ0n) is 9.27. The second-order valence-corrected chi connectivity index (χ2v) is 3.24. The zero-order chi connectivity index (χ0) is 12.0. The van der Waals surface area contributed by atoms with Crippen molar-refractivity contribution in [3.63, 3.8) is 0 Å².